The van der Waals surface area contributed by atoms with Crippen LogP contribution in [0.15, 0.2) is 0 Å². The van der Waals surface area contributed by atoms with Crippen LogP contribution in [0.25, 0.3) is 0 Å². The summed E-state index contributed by atoms with van der Waals surface area (Å²) in [5, 5.41) is 3.77. The average molecular weight is 266 g/mol. The molecule has 0 radical (unpaired) electrons. The van der Waals surface area contributed by atoms with Crippen molar-refractivity contribution < 1.29 is 0 Å². The fourth-order valence-electron chi connectivity index (χ4n) is 4.49. The topological polar surface area (TPSA) is 15.3 Å². The Hall–Kier alpha value is -0.0800. The van der Waals surface area contributed by atoms with Gasteiger partial charge in [0.1, 0.15) is 0 Å². The van der Waals surface area contributed by atoms with Gasteiger partial charge in [0.15, 0.2) is 0 Å². The van der Waals surface area contributed by atoms with E-state index in [-0.39, 0.29) is 0 Å². The van der Waals surface area contributed by atoms with Gasteiger partial charge in [-0.1, -0.05) is 26.7 Å². The van der Waals surface area contributed by atoms with Crippen LogP contribution in [0.1, 0.15) is 72.6 Å². The molecule has 1 aliphatic heterocycles. The SMILES string of the molecule is CCCC1CCC(NCC)C(N2CCCC2(C)C)C1. The molecule has 0 bridgehead atoms. The number of nitrogens with one attached hydrogen (secondary N) is 1. The van der Waals surface area contributed by atoms with Crippen molar-refractivity contribution >= 4 is 0 Å². The summed E-state index contributed by atoms with van der Waals surface area (Å²) < 4.78 is 0. The molecule has 1 saturated heterocycles. The highest BCUT2D eigenvalue weighted by Gasteiger charge is 2.42. The van der Waals surface area contributed by atoms with Crippen LogP contribution in [0, 0.1) is 5.92 Å². The van der Waals surface area contributed by atoms with Crippen molar-refractivity contribution in [3.8, 4) is 0 Å². The van der Waals surface area contributed by atoms with Gasteiger partial charge in [-0.15, -0.1) is 0 Å². The molecule has 3 atom stereocenters. The van der Waals surface area contributed by atoms with Crippen molar-refractivity contribution in [2.75, 3.05) is 13.1 Å². The summed E-state index contributed by atoms with van der Waals surface area (Å²) >= 11 is 0. The van der Waals surface area contributed by atoms with E-state index in [1.807, 2.05) is 0 Å². The maximum atomic E-state index is 3.77. The van der Waals surface area contributed by atoms with E-state index < -0.39 is 0 Å². The molecule has 1 saturated carbocycles. The molecule has 2 aliphatic rings. The van der Waals surface area contributed by atoms with Crippen LogP contribution in [-0.2, 0) is 0 Å². The third-order valence-corrected chi connectivity index (χ3v) is 5.45. The second-order valence-corrected chi connectivity index (χ2v) is 7.31. The predicted molar refractivity (Wildman–Crippen MR) is 83.5 cm³/mol. The first-order chi connectivity index (χ1) is 9.08. The van der Waals surface area contributed by atoms with Gasteiger partial charge in [-0.2, -0.15) is 0 Å². The molecule has 0 aromatic heterocycles. The molecule has 2 nitrogen and oxygen atoms in total. The lowest BCUT2D eigenvalue weighted by molar-refractivity contribution is 0.0477. The maximum Gasteiger partial charge on any atom is 0.0257 e. The summed E-state index contributed by atoms with van der Waals surface area (Å²) in [5.41, 5.74) is 0.423. The van der Waals surface area contributed by atoms with Crippen molar-refractivity contribution in [3.63, 3.8) is 0 Å². The zero-order chi connectivity index (χ0) is 13.9. The molecule has 3 unspecified atom stereocenters. The molecule has 2 fully saturated rings. The largest absolute Gasteiger partial charge is 0.313 e. The molecular formula is C17H34N2. The van der Waals surface area contributed by atoms with Gasteiger partial charge in [-0.25, -0.2) is 0 Å². The van der Waals surface area contributed by atoms with E-state index >= 15 is 0 Å². The Kier molecular flexibility index (Phi) is 5.30. The minimum Gasteiger partial charge on any atom is -0.313 e. The lowest BCUT2D eigenvalue weighted by atomic mass is 9.78. The summed E-state index contributed by atoms with van der Waals surface area (Å²) in [5.74, 6) is 0.973. The van der Waals surface area contributed by atoms with Crippen LogP contribution in [0.2, 0.25) is 0 Å². The number of likely N-dealkylation sites (tertiary alicyclic amines) is 1. The van der Waals surface area contributed by atoms with E-state index in [1.54, 1.807) is 0 Å². The standard InChI is InChI=1S/C17H34N2/c1-5-8-14-9-10-15(18-6-2)16(13-14)19-12-7-11-17(19,3)4/h14-16,18H,5-13H2,1-4H3. The van der Waals surface area contributed by atoms with Crippen molar-refractivity contribution in [1.29, 1.82) is 0 Å². The van der Waals surface area contributed by atoms with Crippen molar-refractivity contribution in [2.24, 2.45) is 5.92 Å². The lowest BCUT2D eigenvalue weighted by Crippen LogP contribution is -2.57. The summed E-state index contributed by atoms with van der Waals surface area (Å²) in [6.07, 6.45) is 9.80. The number of hydrogen-bond acceptors (Lipinski definition) is 2. The van der Waals surface area contributed by atoms with Gasteiger partial charge in [-0.05, 0) is 65.0 Å². The van der Waals surface area contributed by atoms with Gasteiger partial charge in [0.2, 0.25) is 0 Å². The summed E-state index contributed by atoms with van der Waals surface area (Å²) in [4.78, 5) is 2.84. The Balaban J connectivity index is 2.06. The first-order valence-corrected chi connectivity index (χ1v) is 8.58. The Morgan fingerprint density at radius 1 is 1.21 bits per heavy atom. The third kappa shape index (κ3) is 3.52. The van der Waals surface area contributed by atoms with E-state index in [9.17, 15) is 0 Å². The maximum absolute atomic E-state index is 3.77. The molecular weight excluding hydrogens is 232 g/mol. The molecule has 1 N–H and O–H groups in total. The molecule has 112 valence electrons. The van der Waals surface area contributed by atoms with Gasteiger partial charge in [0.25, 0.3) is 0 Å². The highest BCUT2D eigenvalue weighted by atomic mass is 15.3. The average Bonchev–Trinajstić information content (AvgIpc) is 2.71. The normalized spacial score (nSPS) is 35.7. The summed E-state index contributed by atoms with van der Waals surface area (Å²) in [6.45, 7) is 11.9. The molecule has 2 heteroatoms. The van der Waals surface area contributed by atoms with E-state index in [0.29, 0.717) is 5.54 Å². The Bertz CT molecular complexity index is 274. The van der Waals surface area contributed by atoms with Gasteiger partial charge in [-0.3, -0.25) is 4.90 Å². The second-order valence-electron chi connectivity index (χ2n) is 7.31. The van der Waals surface area contributed by atoms with E-state index in [1.165, 1.54) is 51.5 Å². The molecule has 19 heavy (non-hydrogen) atoms. The zero-order valence-corrected chi connectivity index (χ0v) is 13.5. The quantitative estimate of drug-likeness (QED) is 0.814. The Morgan fingerprint density at radius 2 is 2.00 bits per heavy atom. The highest BCUT2D eigenvalue weighted by molar-refractivity contribution is 4.99. The first-order valence-electron chi connectivity index (χ1n) is 8.58. The molecule has 0 amide bonds. The van der Waals surface area contributed by atoms with Crippen LogP contribution in [0.5, 0.6) is 0 Å². The number of rotatable bonds is 5. The van der Waals surface area contributed by atoms with Gasteiger partial charge in [0, 0.05) is 17.6 Å². The molecule has 1 aliphatic carbocycles. The number of likely N-dealkylation sites (N-methyl/N-ethyl adjacent to an activating group) is 1. The Morgan fingerprint density at radius 3 is 2.58 bits per heavy atom. The van der Waals surface area contributed by atoms with E-state index in [0.717, 1.165) is 24.5 Å². The van der Waals surface area contributed by atoms with Crippen LogP contribution in [-0.4, -0.2) is 35.6 Å². The molecule has 2 rings (SSSR count). The summed E-state index contributed by atoms with van der Waals surface area (Å²) in [7, 11) is 0. The fourth-order valence-corrected chi connectivity index (χ4v) is 4.49. The molecule has 0 aromatic rings. The predicted octanol–water partition coefficient (Wildman–Crippen LogP) is 3.81. The molecule has 0 spiro atoms. The monoisotopic (exact) mass is 266 g/mol. The van der Waals surface area contributed by atoms with Gasteiger partial charge in [0.05, 0.1) is 0 Å². The second kappa shape index (κ2) is 6.58. The highest BCUT2D eigenvalue weighted by Crippen LogP contribution is 2.38. The number of nitrogens with zero attached hydrogens (tertiary/aromatic N) is 1. The fraction of sp³-hybridized carbons (Fsp3) is 1.00. The van der Waals surface area contributed by atoms with Crippen LogP contribution in [0.3, 0.4) is 0 Å². The van der Waals surface area contributed by atoms with E-state index in [2.05, 4.69) is 37.9 Å². The van der Waals surface area contributed by atoms with Crippen LogP contribution >= 0.6 is 0 Å². The van der Waals surface area contributed by atoms with E-state index in [4.69, 9.17) is 0 Å². The zero-order valence-electron chi connectivity index (χ0n) is 13.5. The lowest BCUT2D eigenvalue weighted by Gasteiger charge is -2.47. The van der Waals surface area contributed by atoms with Crippen molar-refractivity contribution in [2.45, 2.75) is 90.3 Å². The minimum absolute atomic E-state index is 0.423. The first kappa shape index (κ1) is 15.3. The third-order valence-electron chi connectivity index (χ3n) is 5.45. The minimum atomic E-state index is 0.423. The van der Waals surface area contributed by atoms with Gasteiger partial charge < -0.3 is 5.32 Å². The van der Waals surface area contributed by atoms with Crippen LogP contribution in [0.4, 0.5) is 0 Å². The molecule has 1 heterocycles. The van der Waals surface area contributed by atoms with Crippen molar-refractivity contribution in [3.05, 3.63) is 0 Å². The Labute approximate surface area is 120 Å². The summed E-state index contributed by atoms with van der Waals surface area (Å²) in [6, 6.07) is 1.51. The van der Waals surface area contributed by atoms with Crippen molar-refractivity contribution in [1.82, 2.24) is 10.2 Å². The smallest absolute Gasteiger partial charge is 0.0257 e. The van der Waals surface area contributed by atoms with Crippen LogP contribution < -0.4 is 5.32 Å². The van der Waals surface area contributed by atoms with Gasteiger partial charge >= 0.3 is 0 Å². The molecule has 0 aromatic carbocycles. The number of hydrogen-bond donors (Lipinski definition) is 1.